The van der Waals surface area contributed by atoms with Crippen LogP contribution in [0.1, 0.15) is 63.8 Å². The van der Waals surface area contributed by atoms with E-state index in [9.17, 15) is 32.0 Å². The molecule has 0 amide bonds. The number of alkyl halides is 3. The van der Waals surface area contributed by atoms with E-state index in [2.05, 4.69) is 4.74 Å². The lowest BCUT2D eigenvalue weighted by atomic mass is 9.78. The summed E-state index contributed by atoms with van der Waals surface area (Å²) >= 11 is 0. The molecule has 0 aromatic heterocycles. The number of rotatable bonds is 5. The quantitative estimate of drug-likeness (QED) is 0.487. The highest BCUT2D eigenvalue weighted by atomic mass is 32.2. The molecule has 2 aromatic carbocycles. The molecule has 0 aliphatic rings. The van der Waals surface area contributed by atoms with E-state index in [1.165, 1.54) is 18.2 Å². The van der Waals surface area contributed by atoms with Crippen molar-refractivity contribution >= 4 is 15.9 Å². The summed E-state index contributed by atoms with van der Waals surface area (Å²) in [5.74, 6) is -0.924. The minimum absolute atomic E-state index is 0.125. The third-order valence-corrected chi connectivity index (χ3v) is 6.60. The average molecular weight is 496 g/mol. The van der Waals surface area contributed by atoms with E-state index in [4.69, 9.17) is 0 Å². The molecule has 2 aromatic rings. The van der Waals surface area contributed by atoms with Gasteiger partial charge in [0.2, 0.25) is 0 Å². The van der Waals surface area contributed by atoms with Gasteiger partial charge in [-0.2, -0.15) is 5.26 Å². The molecule has 0 atom stereocenters. The van der Waals surface area contributed by atoms with Crippen LogP contribution in [0, 0.1) is 11.3 Å². The van der Waals surface area contributed by atoms with Crippen molar-refractivity contribution in [2.45, 2.75) is 64.5 Å². The minimum Gasteiger partial charge on any atom is -0.507 e. The maximum absolute atomic E-state index is 12.9. The molecular weight excluding hydrogens is 467 g/mol. The molecule has 0 unspecified atom stereocenters. The maximum Gasteiger partial charge on any atom is 0.573 e. The van der Waals surface area contributed by atoms with Gasteiger partial charge < -0.3 is 9.84 Å². The number of sulfone groups is 1. The van der Waals surface area contributed by atoms with Crippen molar-refractivity contribution in [2.75, 3.05) is 0 Å². The third-order valence-electron chi connectivity index (χ3n) is 5.00. The molecule has 0 bridgehead atoms. The van der Waals surface area contributed by atoms with E-state index < -0.39 is 43.4 Å². The van der Waals surface area contributed by atoms with Crippen molar-refractivity contribution in [1.29, 1.82) is 5.26 Å². The molecule has 0 radical (unpaired) electrons. The van der Waals surface area contributed by atoms with Crippen molar-refractivity contribution < 1.29 is 31.4 Å². The Morgan fingerprint density at radius 2 is 1.47 bits per heavy atom. The number of nitriles is 1. The number of ether oxygens (including phenoxy) is 1. The second kappa shape index (κ2) is 9.34. The van der Waals surface area contributed by atoms with Crippen LogP contribution in [0.2, 0.25) is 0 Å². The lowest BCUT2D eigenvalue weighted by Gasteiger charge is -2.28. The Labute approximate surface area is 198 Å². The van der Waals surface area contributed by atoms with E-state index in [1.807, 2.05) is 41.5 Å². The molecular formula is C25H28F3NO4S. The summed E-state index contributed by atoms with van der Waals surface area (Å²) in [6.07, 6.45) is -3.60. The number of hydrogen-bond donors (Lipinski definition) is 1. The summed E-state index contributed by atoms with van der Waals surface area (Å²) in [5, 5.41) is 20.4. The highest BCUT2D eigenvalue weighted by Gasteiger charge is 2.31. The zero-order valence-corrected chi connectivity index (χ0v) is 20.7. The predicted octanol–water partition coefficient (Wildman–Crippen LogP) is 6.37. The Bertz CT molecular complexity index is 1190. The van der Waals surface area contributed by atoms with Crippen LogP contribution < -0.4 is 4.74 Å². The Balaban J connectivity index is 2.48. The van der Waals surface area contributed by atoms with Crippen LogP contribution >= 0.6 is 0 Å². The molecule has 1 N–H and O–H groups in total. The fourth-order valence-corrected chi connectivity index (χ4v) is 4.55. The first-order valence-electron chi connectivity index (χ1n) is 10.4. The Morgan fingerprint density at radius 3 is 1.85 bits per heavy atom. The van der Waals surface area contributed by atoms with Crippen LogP contribution in [0.4, 0.5) is 13.2 Å². The minimum atomic E-state index is -4.85. The topological polar surface area (TPSA) is 87.4 Å². The summed E-state index contributed by atoms with van der Waals surface area (Å²) in [7, 11) is -4.10. The van der Waals surface area contributed by atoms with E-state index in [0.29, 0.717) is 16.7 Å². The van der Waals surface area contributed by atoms with Crippen molar-refractivity contribution in [1.82, 2.24) is 0 Å². The zero-order chi connectivity index (χ0) is 26.1. The van der Waals surface area contributed by atoms with E-state index in [1.54, 1.807) is 18.2 Å². The van der Waals surface area contributed by atoms with Crippen molar-refractivity contribution in [2.24, 2.45) is 0 Å². The van der Waals surface area contributed by atoms with Crippen LogP contribution in [-0.4, -0.2) is 19.9 Å². The molecule has 34 heavy (non-hydrogen) atoms. The second-order valence-electron chi connectivity index (χ2n) is 10.0. The van der Waals surface area contributed by atoms with Gasteiger partial charge in [0, 0.05) is 11.1 Å². The fraction of sp³-hybridized carbons (Fsp3) is 0.400. The number of benzene rings is 2. The molecule has 184 valence electrons. The Morgan fingerprint density at radius 1 is 1.00 bits per heavy atom. The molecule has 0 fully saturated rings. The first-order valence-corrected chi connectivity index (χ1v) is 12.1. The number of halogens is 3. The summed E-state index contributed by atoms with van der Waals surface area (Å²) in [5.41, 5.74) is 0.982. The summed E-state index contributed by atoms with van der Waals surface area (Å²) in [6.45, 7) is 11.5. The predicted molar refractivity (Wildman–Crippen MR) is 125 cm³/mol. The van der Waals surface area contributed by atoms with Gasteiger partial charge in [0.25, 0.3) is 0 Å². The number of phenolic OH excluding ortho intramolecular Hbond substituents is 1. The molecule has 5 nitrogen and oxygen atoms in total. The van der Waals surface area contributed by atoms with Gasteiger partial charge in [-0.15, -0.1) is 13.2 Å². The fourth-order valence-electron chi connectivity index (χ4n) is 3.31. The monoisotopic (exact) mass is 495 g/mol. The average Bonchev–Trinajstić information content (AvgIpc) is 2.65. The molecule has 9 heteroatoms. The SMILES string of the molecule is CC(C)(C)c1cc(/C=C(\C#N)S(=O)(=O)Cc2ccc(OC(F)(F)F)cc2)cc(C(C)(C)C)c1O. The first kappa shape index (κ1) is 27.3. The van der Waals surface area contributed by atoms with Gasteiger partial charge in [0.15, 0.2) is 9.84 Å². The third kappa shape index (κ3) is 7.00. The molecule has 0 aliphatic heterocycles. The van der Waals surface area contributed by atoms with Gasteiger partial charge in [-0.05, 0) is 52.3 Å². The van der Waals surface area contributed by atoms with Crippen molar-refractivity contribution in [3.05, 3.63) is 63.6 Å². The molecule has 0 spiro atoms. The molecule has 0 saturated heterocycles. The van der Waals surface area contributed by atoms with Crippen LogP contribution in [0.5, 0.6) is 11.5 Å². The number of allylic oxidation sites excluding steroid dienone is 1. The van der Waals surface area contributed by atoms with E-state index in [-0.39, 0.29) is 11.3 Å². The van der Waals surface area contributed by atoms with Crippen LogP contribution in [-0.2, 0) is 26.4 Å². The van der Waals surface area contributed by atoms with Crippen molar-refractivity contribution in [3.8, 4) is 17.6 Å². The van der Waals surface area contributed by atoms with Gasteiger partial charge in [-0.25, -0.2) is 8.42 Å². The van der Waals surface area contributed by atoms with Crippen LogP contribution in [0.15, 0.2) is 41.3 Å². The molecule has 0 aliphatic carbocycles. The van der Waals surface area contributed by atoms with Crippen LogP contribution in [0.25, 0.3) is 6.08 Å². The van der Waals surface area contributed by atoms with Gasteiger partial charge in [0.1, 0.15) is 22.5 Å². The largest absolute Gasteiger partial charge is 0.573 e. The highest BCUT2D eigenvalue weighted by Crippen LogP contribution is 2.40. The zero-order valence-electron chi connectivity index (χ0n) is 19.9. The van der Waals surface area contributed by atoms with Gasteiger partial charge >= 0.3 is 6.36 Å². The second-order valence-corrected chi connectivity index (χ2v) is 12.0. The Hall–Kier alpha value is -2.99. The number of nitrogens with zero attached hydrogens (tertiary/aromatic N) is 1. The smallest absolute Gasteiger partial charge is 0.507 e. The van der Waals surface area contributed by atoms with Gasteiger partial charge in [-0.3, -0.25) is 0 Å². The molecule has 0 heterocycles. The lowest BCUT2D eigenvalue weighted by molar-refractivity contribution is -0.274. The van der Waals surface area contributed by atoms with E-state index >= 15 is 0 Å². The summed E-state index contributed by atoms with van der Waals surface area (Å²) < 4.78 is 66.6. The summed E-state index contributed by atoms with van der Waals surface area (Å²) in [4.78, 5) is -0.492. The van der Waals surface area contributed by atoms with Gasteiger partial charge in [0.05, 0.1) is 5.75 Å². The van der Waals surface area contributed by atoms with E-state index in [0.717, 1.165) is 12.1 Å². The first-order chi connectivity index (χ1) is 15.3. The Kier molecular flexibility index (Phi) is 7.48. The number of aromatic hydroxyl groups is 1. The normalized spacial score (nSPS) is 13.5. The standard InChI is InChI=1S/C25H28F3NO4S/c1-23(2,3)20-12-17(13-21(22(20)30)24(4,5)6)11-19(14-29)34(31,32)15-16-7-9-18(10-8-16)33-25(26,27)28/h7-13,30H,15H2,1-6H3/b19-11+. The van der Waals surface area contributed by atoms with Crippen LogP contribution in [0.3, 0.4) is 0 Å². The van der Waals surface area contributed by atoms with Crippen molar-refractivity contribution in [3.63, 3.8) is 0 Å². The molecule has 2 rings (SSSR count). The summed E-state index contributed by atoms with van der Waals surface area (Å²) in [6, 6.07) is 9.45. The lowest BCUT2D eigenvalue weighted by Crippen LogP contribution is -2.17. The molecule has 0 saturated carbocycles. The maximum atomic E-state index is 12.9. The number of phenols is 1. The van der Waals surface area contributed by atoms with Gasteiger partial charge in [-0.1, -0.05) is 53.7 Å². The number of hydrogen-bond acceptors (Lipinski definition) is 5. The highest BCUT2D eigenvalue weighted by molar-refractivity contribution is 7.95.